The van der Waals surface area contributed by atoms with Crippen LogP contribution in [0.1, 0.15) is 33.6 Å². The summed E-state index contributed by atoms with van der Waals surface area (Å²) in [6.45, 7) is 5.46. The molecule has 0 bridgehead atoms. The third kappa shape index (κ3) is 5.60. The van der Waals surface area contributed by atoms with E-state index in [1.54, 1.807) is 13.8 Å². The molecule has 0 aromatic carbocycles. The van der Waals surface area contributed by atoms with Crippen LogP contribution in [-0.2, 0) is 19.2 Å². The number of carbonyl (C=O) groups is 4. The summed E-state index contributed by atoms with van der Waals surface area (Å²) in [6.07, 6.45) is 1.05. The molecule has 1 aliphatic heterocycles. The molecule has 1 saturated heterocycles. The Bertz CT molecular complexity index is 555. The number of aliphatic carboxylic acids is 1. The summed E-state index contributed by atoms with van der Waals surface area (Å²) in [7, 11) is 0. The van der Waals surface area contributed by atoms with Crippen molar-refractivity contribution in [3.05, 3.63) is 0 Å². The van der Waals surface area contributed by atoms with Crippen LogP contribution in [0, 0.1) is 5.92 Å². The van der Waals surface area contributed by atoms with Crippen LogP contribution >= 0.6 is 12.6 Å². The van der Waals surface area contributed by atoms with Crippen molar-refractivity contribution >= 4 is 36.3 Å². The second kappa shape index (κ2) is 9.77. The Balaban J connectivity index is 2.89. The molecule has 0 aromatic heterocycles. The number of nitrogens with two attached hydrogens (primary N) is 1. The topological polar surface area (TPSA) is 142 Å². The van der Waals surface area contributed by atoms with Gasteiger partial charge >= 0.3 is 5.97 Å². The molecule has 148 valence electrons. The lowest BCUT2D eigenvalue weighted by atomic mass is 10.0. The van der Waals surface area contributed by atoms with Crippen LogP contribution in [0.5, 0.6) is 0 Å². The number of hydrogen-bond acceptors (Lipinski definition) is 6. The van der Waals surface area contributed by atoms with Crippen LogP contribution in [-0.4, -0.2) is 70.2 Å². The molecule has 1 rings (SSSR count). The van der Waals surface area contributed by atoms with Crippen LogP contribution < -0.4 is 16.4 Å². The molecule has 10 heteroatoms. The third-order valence-corrected chi connectivity index (χ3v) is 4.64. The van der Waals surface area contributed by atoms with Gasteiger partial charge in [0.15, 0.2) is 0 Å². The monoisotopic (exact) mass is 388 g/mol. The molecule has 0 aromatic rings. The summed E-state index contributed by atoms with van der Waals surface area (Å²) in [4.78, 5) is 49.7. The van der Waals surface area contributed by atoms with Crippen molar-refractivity contribution < 1.29 is 24.3 Å². The molecule has 0 radical (unpaired) electrons. The maximum atomic E-state index is 12.9. The van der Waals surface area contributed by atoms with Crippen molar-refractivity contribution in [2.24, 2.45) is 11.7 Å². The SMILES string of the molecule is CC(C)[C@H](NC(=O)[C@H](C)N)C(=O)N1CCC[C@H]1C(=O)N[C@@H](CS)C(=O)O. The highest BCUT2D eigenvalue weighted by molar-refractivity contribution is 7.80. The van der Waals surface area contributed by atoms with Crippen molar-refractivity contribution in [3.63, 3.8) is 0 Å². The summed E-state index contributed by atoms with van der Waals surface area (Å²) in [6, 6.07) is -3.45. The minimum atomic E-state index is -1.19. The zero-order chi connectivity index (χ0) is 20.0. The van der Waals surface area contributed by atoms with Crippen molar-refractivity contribution in [1.82, 2.24) is 15.5 Å². The number of nitrogens with one attached hydrogen (secondary N) is 2. The molecule has 4 atom stereocenters. The Kier molecular flexibility index (Phi) is 8.35. The van der Waals surface area contributed by atoms with Gasteiger partial charge in [-0.15, -0.1) is 0 Å². The third-order valence-electron chi connectivity index (χ3n) is 4.28. The number of likely N-dealkylation sites (tertiary alicyclic amines) is 1. The predicted octanol–water partition coefficient (Wildman–Crippen LogP) is -1.04. The zero-order valence-electron chi connectivity index (χ0n) is 15.3. The number of carboxylic acids is 1. The largest absolute Gasteiger partial charge is 0.480 e. The van der Waals surface area contributed by atoms with Gasteiger partial charge in [-0.1, -0.05) is 13.8 Å². The van der Waals surface area contributed by atoms with E-state index in [4.69, 9.17) is 10.8 Å². The van der Waals surface area contributed by atoms with Gasteiger partial charge in [0, 0.05) is 12.3 Å². The van der Waals surface area contributed by atoms with Crippen molar-refractivity contribution in [2.45, 2.75) is 57.8 Å². The van der Waals surface area contributed by atoms with Gasteiger partial charge in [0.05, 0.1) is 6.04 Å². The van der Waals surface area contributed by atoms with Gasteiger partial charge < -0.3 is 26.4 Å². The average Bonchev–Trinajstić information content (AvgIpc) is 3.05. The highest BCUT2D eigenvalue weighted by Gasteiger charge is 2.39. The molecule has 5 N–H and O–H groups in total. The van der Waals surface area contributed by atoms with Crippen molar-refractivity contribution in [3.8, 4) is 0 Å². The maximum Gasteiger partial charge on any atom is 0.327 e. The molecule has 3 amide bonds. The van der Waals surface area contributed by atoms with Crippen molar-refractivity contribution in [2.75, 3.05) is 12.3 Å². The molecule has 1 fully saturated rings. The van der Waals surface area contributed by atoms with E-state index >= 15 is 0 Å². The van der Waals surface area contributed by atoms with Crippen LogP contribution in [0.2, 0.25) is 0 Å². The van der Waals surface area contributed by atoms with E-state index in [9.17, 15) is 19.2 Å². The van der Waals surface area contributed by atoms with Gasteiger partial charge in [0.2, 0.25) is 17.7 Å². The zero-order valence-corrected chi connectivity index (χ0v) is 16.2. The summed E-state index contributed by atoms with van der Waals surface area (Å²) in [5.41, 5.74) is 5.55. The first-order chi connectivity index (χ1) is 12.1. The average molecular weight is 388 g/mol. The molecule has 0 spiro atoms. The minimum absolute atomic E-state index is 0.0548. The van der Waals surface area contributed by atoms with Gasteiger partial charge in [0.25, 0.3) is 0 Å². The lowest BCUT2D eigenvalue weighted by Crippen LogP contribution is -2.58. The number of rotatable bonds is 8. The lowest BCUT2D eigenvalue weighted by Gasteiger charge is -2.31. The Labute approximate surface area is 158 Å². The molecule has 0 unspecified atom stereocenters. The van der Waals surface area contributed by atoms with E-state index in [0.717, 1.165) is 0 Å². The standard InChI is InChI=1S/C16H28N4O5S/c1-8(2)12(19-13(21)9(3)17)15(23)20-6-4-5-11(20)14(22)18-10(7-26)16(24)25/h8-12,26H,4-7,17H2,1-3H3,(H,18,22)(H,19,21)(H,24,25)/t9-,10-,11-,12-/m0/s1. The highest BCUT2D eigenvalue weighted by Crippen LogP contribution is 2.20. The van der Waals surface area contributed by atoms with E-state index in [-0.39, 0.29) is 17.6 Å². The van der Waals surface area contributed by atoms with Gasteiger partial charge in [-0.05, 0) is 25.7 Å². The molecule has 1 heterocycles. The number of nitrogens with zero attached hydrogens (tertiary/aromatic N) is 1. The predicted molar refractivity (Wildman–Crippen MR) is 98.6 cm³/mol. The van der Waals surface area contributed by atoms with Crippen LogP contribution in [0.4, 0.5) is 0 Å². The molecular weight excluding hydrogens is 360 g/mol. The first kappa shape index (κ1) is 22.2. The highest BCUT2D eigenvalue weighted by atomic mass is 32.1. The minimum Gasteiger partial charge on any atom is -0.480 e. The summed E-state index contributed by atoms with van der Waals surface area (Å²) in [5, 5.41) is 14.1. The maximum absolute atomic E-state index is 12.9. The van der Waals surface area contributed by atoms with Crippen LogP contribution in [0.15, 0.2) is 0 Å². The van der Waals surface area contributed by atoms with Crippen molar-refractivity contribution in [1.29, 1.82) is 0 Å². The fraction of sp³-hybridized carbons (Fsp3) is 0.750. The van der Waals surface area contributed by atoms with E-state index in [1.807, 2.05) is 0 Å². The molecule has 9 nitrogen and oxygen atoms in total. The molecular formula is C16H28N4O5S. The second-order valence-corrected chi connectivity index (χ2v) is 7.16. The summed E-state index contributed by atoms with van der Waals surface area (Å²) < 4.78 is 0. The van der Waals surface area contributed by atoms with Crippen LogP contribution in [0.3, 0.4) is 0 Å². The van der Waals surface area contributed by atoms with E-state index in [1.165, 1.54) is 11.8 Å². The Morgan fingerprint density at radius 3 is 2.31 bits per heavy atom. The lowest BCUT2D eigenvalue weighted by molar-refractivity contribution is -0.145. The molecule has 26 heavy (non-hydrogen) atoms. The molecule has 0 saturated carbocycles. The van der Waals surface area contributed by atoms with E-state index in [0.29, 0.717) is 19.4 Å². The fourth-order valence-corrected chi connectivity index (χ4v) is 2.98. The van der Waals surface area contributed by atoms with E-state index < -0.39 is 42.0 Å². The van der Waals surface area contributed by atoms with E-state index in [2.05, 4.69) is 23.3 Å². The Morgan fingerprint density at radius 1 is 1.23 bits per heavy atom. The number of hydrogen-bond donors (Lipinski definition) is 5. The number of carboxylic acid groups (broad SMARTS) is 1. The normalized spacial score (nSPS) is 20.4. The first-order valence-electron chi connectivity index (χ1n) is 8.60. The number of carbonyl (C=O) groups excluding carboxylic acids is 3. The molecule has 0 aliphatic carbocycles. The second-order valence-electron chi connectivity index (χ2n) is 6.79. The Hall–Kier alpha value is -1.81. The fourth-order valence-electron chi connectivity index (χ4n) is 2.73. The van der Waals surface area contributed by atoms with Gasteiger partial charge in [-0.25, -0.2) is 4.79 Å². The number of amides is 3. The van der Waals surface area contributed by atoms with Gasteiger partial charge in [0.1, 0.15) is 18.1 Å². The van der Waals surface area contributed by atoms with Gasteiger partial charge in [-0.3, -0.25) is 14.4 Å². The quantitative estimate of drug-likeness (QED) is 0.336. The smallest absolute Gasteiger partial charge is 0.327 e. The Morgan fingerprint density at radius 2 is 1.85 bits per heavy atom. The first-order valence-corrected chi connectivity index (χ1v) is 9.23. The number of thiol groups is 1. The summed E-state index contributed by atoms with van der Waals surface area (Å²) >= 11 is 3.92. The van der Waals surface area contributed by atoms with Crippen LogP contribution in [0.25, 0.3) is 0 Å². The molecule has 1 aliphatic rings. The summed E-state index contributed by atoms with van der Waals surface area (Å²) in [5.74, 6) is -2.78. The van der Waals surface area contributed by atoms with Gasteiger partial charge in [-0.2, -0.15) is 12.6 Å².